The first-order valence-electron chi connectivity index (χ1n) is 6.34. The van der Waals surface area contributed by atoms with Gasteiger partial charge in [-0.1, -0.05) is 11.6 Å². The Balaban J connectivity index is 1.67. The van der Waals surface area contributed by atoms with Crippen LogP contribution in [0.1, 0.15) is 44.2 Å². The monoisotopic (exact) mass is 273 g/mol. The van der Waals surface area contributed by atoms with Gasteiger partial charge < -0.3 is 10.1 Å². The highest BCUT2D eigenvalue weighted by atomic mass is 35.5. The first kappa shape index (κ1) is 13.3. The highest BCUT2D eigenvalue weighted by Gasteiger charge is 2.14. The van der Waals surface area contributed by atoms with Crippen LogP contribution < -0.4 is 5.32 Å². The second kappa shape index (κ2) is 6.74. The quantitative estimate of drug-likeness (QED) is 0.875. The SMILES string of the molecule is CC(NCCC1CCCCO1)c1csc(Cl)c1. The van der Waals surface area contributed by atoms with E-state index in [0.29, 0.717) is 12.1 Å². The van der Waals surface area contributed by atoms with Crippen LogP contribution in [-0.2, 0) is 4.74 Å². The second-order valence-corrected chi connectivity index (χ2v) is 6.18. The Morgan fingerprint density at radius 1 is 1.59 bits per heavy atom. The lowest BCUT2D eigenvalue weighted by Crippen LogP contribution is -2.26. The van der Waals surface area contributed by atoms with Crippen molar-refractivity contribution in [1.82, 2.24) is 5.32 Å². The Labute approximate surface area is 112 Å². The molecule has 1 saturated heterocycles. The molecule has 1 aliphatic heterocycles. The summed E-state index contributed by atoms with van der Waals surface area (Å²) in [6, 6.07) is 2.42. The Morgan fingerprint density at radius 3 is 3.12 bits per heavy atom. The summed E-state index contributed by atoms with van der Waals surface area (Å²) < 4.78 is 6.58. The Morgan fingerprint density at radius 2 is 2.47 bits per heavy atom. The van der Waals surface area contributed by atoms with Crippen LogP contribution in [0, 0.1) is 0 Å². The minimum Gasteiger partial charge on any atom is -0.378 e. The lowest BCUT2D eigenvalue weighted by molar-refractivity contribution is 0.0112. The molecule has 0 aromatic carbocycles. The maximum absolute atomic E-state index is 5.93. The van der Waals surface area contributed by atoms with Crippen LogP contribution in [0.4, 0.5) is 0 Å². The van der Waals surface area contributed by atoms with E-state index in [2.05, 4.69) is 17.6 Å². The zero-order chi connectivity index (χ0) is 12.1. The molecule has 0 bridgehead atoms. The lowest BCUT2D eigenvalue weighted by Gasteiger charge is -2.23. The zero-order valence-corrected chi connectivity index (χ0v) is 11.8. The highest BCUT2D eigenvalue weighted by molar-refractivity contribution is 7.14. The van der Waals surface area contributed by atoms with Crippen LogP contribution in [0.15, 0.2) is 11.4 Å². The lowest BCUT2D eigenvalue weighted by atomic mass is 10.1. The molecule has 0 aliphatic carbocycles. The number of halogens is 1. The molecule has 1 fully saturated rings. The standard InChI is InChI=1S/C13H20ClNOS/c1-10(11-8-13(14)17-9-11)15-6-5-12-4-2-3-7-16-12/h8-10,12,15H,2-7H2,1H3. The van der Waals surface area contributed by atoms with Crippen molar-refractivity contribution in [2.75, 3.05) is 13.2 Å². The van der Waals surface area contributed by atoms with Gasteiger partial charge in [-0.15, -0.1) is 11.3 Å². The molecule has 1 aromatic rings. The molecule has 1 aromatic heterocycles. The molecular formula is C13H20ClNOS. The minimum atomic E-state index is 0.377. The zero-order valence-electron chi connectivity index (χ0n) is 10.2. The van der Waals surface area contributed by atoms with Gasteiger partial charge >= 0.3 is 0 Å². The Bertz CT molecular complexity index is 336. The van der Waals surface area contributed by atoms with Crippen LogP contribution in [-0.4, -0.2) is 19.3 Å². The number of thiophene rings is 1. The summed E-state index contributed by atoms with van der Waals surface area (Å²) in [6.07, 6.45) is 5.35. The van der Waals surface area contributed by atoms with Gasteiger partial charge in [-0.3, -0.25) is 0 Å². The molecule has 0 spiro atoms. The van der Waals surface area contributed by atoms with Gasteiger partial charge in [0.25, 0.3) is 0 Å². The van der Waals surface area contributed by atoms with Crippen molar-refractivity contribution in [1.29, 1.82) is 0 Å². The Hall–Kier alpha value is -0.0900. The molecule has 0 amide bonds. The number of hydrogen-bond acceptors (Lipinski definition) is 3. The summed E-state index contributed by atoms with van der Waals surface area (Å²) in [6.45, 7) is 4.14. The largest absolute Gasteiger partial charge is 0.378 e. The van der Waals surface area contributed by atoms with Crippen LogP contribution in [0.25, 0.3) is 0 Å². The fourth-order valence-electron chi connectivity index (χ4n) is 2.16. The normalized spacial score (nSPS) is 22.6. The van der Waals surface area contributed by atoms with Gasteiger partial charge in [0.15, 0.2) is 0 Å². The minimum absolute atomic E-state index is 0.377. The van der Waals surface area contributed by atoms with E-state index in [1.165, 1.54) is 24.8 Å². The van der Waals surface area contributed by atoms with Gasteiger partial charge in [0.05, 0.1) is 10.4 Å². The van der Waals surface area contributed by atoms with Gasteiger partial charge in [-0.2, -0.15) is 0 Å². The number of rotatable bonds is 5. The topological polar surface area (TPSA) is 21.3 Å². The molecular weight excluding hydrogens is 254 g/mol. The van der Waals surface area contributed by atoms with E-state index in [9.17, 15) is 0 Å². The van der Waals surface area contributed by atoms with Crippen molar-refractivity contribution in [3.8, 4) is 0 Å². The van der Waals surface area contributed by atoms with E-state index in [4.69, 9.17) is 16.3 Å². The van der Waals surface area contributed by atoms with Crippen molar-refractivity contribution in [2.24, 2.45) is 0 Å². The third-order valence-electron chi connectivity index (χ3n) is 3.28. The summed E-state index contributed by atoms with van der Waals surface area (Å²) >= 11 is 7.53. The van der Waals surface area contributed by atoms with E-state index in [-0.39, 0.29) is 0 Å². The summed E-state index contributed by atoms with van der Waals surface area (Å²) in [4.78, 5) is 0. The predicted octanol–water partition coefficient (Wildman–Crippen LogP) is 4.01. The third-order valence-corrected chi connectivity index (χ3v) is 4.39. The Kier molecular flexibility index (Phi) is 5.29. The van der Waals surface area contributed by atoms with Gasteiger partial charge in [0.2, 0.25) is 0 Å². The van der Waals surface area contributed by atoms with E-state index >= 15 is 0 Å². The number of hydrogen-bond donors (Lipinski definition) is 1. The molecule has 1 aliphatic rings. The van der Waals surface area contributed by atoms with Gasteiger partial charge in [-0.05, 0) is 56.2 Å². The molecule has 17 heavy (non-hydrogen) atoms. The van der Waals surface area contributed by atoms with Crippen LogP contribution >= 0.6 is 22.9 Å². The number of ether oxygens (including phenoxy) is 1. The summed E-state index contributed by atoms with van der Waals surface area (Å²) in [5, 5.41) is 5.65. The molecule has 96 valence electrons. The van der Waals surface area contributed by atoms with Crippen molar-refractivity contribution in [2.45, 2.75) is 44.8 Å². The van der Waals surface area contributed by atoms with Crippen LogP contribution in [0.3, 0.4) is 0 Å². The molecule has 2 nitrogen and oxygen atoms in total. The van der Waals surface area contributed by atoms with E-state index in [1.807, 2.05) is 6.07 Å². The van der Waals surface area contributed by atoms with Gasteiger partial charge in [-0.25, -0.2) is 0 Å². The average molecular weight is 274 g/mol. The van der Waals surface area contributed by atoms with Crippen molar-refractivity contribution >= 4 is 22.9 Å². The molecule has 1 N–H and O–H groups in total. The third kappa shape index (κ3) is 4.25. The first-order chi connectivity index (χ1) is 8.25. The van der Waals surface area contributed by atoms with E-state index in [0.717, 1.165) is 23.9 Å². The summed E-state index contributed by atoms with van der Waals surface area (Å²) in [7, 11) is 0. The predicted molar refractivity (Wildman–Crippen MR) is 74.0 cm³/mol. The highest BCUT2D eigenvalue weighted by Crippen LogP contribution is 2.24. The van der Waals surface area contributed by atoms with Crippen LogP contribution in [0.2, 0.25) is 4.34 Å². The van der Waals surface area contributed by atoms with Crippen molar-refractivity contribution < 1.29 is 4.74 Å². The van der Waals surface area contributed by atoms with Gasteiger partial charge in [0.1, 0.15) is 0 Å². The molecule has 0 radical (unpaired) electrons. The van der Waals surface area contributed by atoms with Crippen molar-refractivity contribution in [3.63, 3.8) is 0 Å². The maximum Gasteiger partial charge on any atom is 0.0931 e. The van der Waals surface area contributed by atoms with E-state index < -0.39 is 0 Å². The molecule has 4 heteroatoms. The first-order valence-corrected chi connectivity index (χ1v) is 7.60. The van der Waals surface area contributed by atoms with Crippen LogP contribution in [0.5, 0.6) is 0 Å². The average Bonchev–Trinajstić information content (AvgIpc) is 2.77. The fourth-order valence-corrected chi connectivity index (χ4v) is 3.15. The number of nitrogens with one attached hydrogen (secondary N) is 1. The molecule has 2 rings (SSSR count). The second-order valence-electron chi connectivity index (χ2n) is 4.64. The molecule has 0 saturated carbocycles. The smallest absolute Gasteiger partial charge is 0.0931 e. The molecule has 2 atom stereocenters. The maximum atomic E-state index is 5.93. The molecule has 2 heterocycles. The fraction of sp³-hybridized carbons (Fsp3) is 0.692. The van der Waals surface area contributed by atoms with Gasteiger partial charge in [0, 0.05) is 12.6 Å². The summed E-state index contributed by atoms with van der Waals surface area (Å²) in [5.74, 6) is 0. The van der Waals surface area contributed by atoms with E-state index in [1.54, 1.807) is 11.3 Å². The summed E-state index contributed by atoms with van der Waals surface area (Å²) in [5.41, 5.74) is 1.28. The van der Waals surface area contributed by atoms with Crippen molar-refractivity contribution in [3.05, 3.63) is 21.3 Å². The molecule has 2 unspecified atom stereocenters.